The van der Waals surface area contributed by atoms with Crippen molar-refractivity contribution < 1.29 is 42.2 Å². The van der Waals surface area contributed by atoms with Crippen LogP contribution in [0.3, 0.4) is 0 Å². The Morgan fingerprint density at radius 1 is 0.897 bits per heavy atom. The Morgan fingerprint density at radius 2 is 1.55 bits per heavy atom. The van der Waals surface area contributed by atoms with E-state index in [1.54, 1.807) is 116 Å². The molecule has 1 atom stereocenters. The summed E-state index contributed by atoms with van der Waals surface area (Å²) in [4.78, 5) is 59.3. The number of aliphatic carboxylic acids is 1. The number of ether oxygens (including phenoxy) is 2. The Kier molecular flexibility index (Phi) is 13.0. The van der Waals surface area contributed by atoms with Gasteiger partial charge in [0.15, 0.2) is 21.7 Å². The molecule has 0 bridgehead atoms. The van der Waals surface area contributed by atoms with Gasteiger partial charge in [-0.25, -0.2) is 32.6 Å². The molecule has 0 aliphatic heterocycles. The fourth-order valence-corrected chi connectivity index (χ4v) is 7.98. The van der Waals surface area contributed by atoms with Crippen molar-refractivity contribution in [1.82, 2.24) is 15.2 Å². The summed E-state index contributed by atoms with van der Waals surface area (Å²) in [7, 11) is -0.0466. The Hall–Kier alpha value is -5.74. The second-order valence-corrected chi connectivity index (χ2v) is 18.4. The number of carboxylic acid groups (broad SMARTS) is 1. The molecular weight excluding hydrogens is 765 g/mol. The Labute approximate surface area is 339 Å². The van der Waals surface area contributed by atoms with Gasteiger partial charge in [0.1, 0.15) is 11.2 Å². The van der Waals surface area contributed by atoms with Crippen molar-refractivity contribution in [3.8, 4) is 0 Å². The predicted molar refractivity (Wildman–Crippen MR) is 222 cm³/mol. The average Bonchev–Trinajstić information content (AvgIpc) is 3.98. The standard InChI is InChI=1S/C42H52N6O9S/c1-41(2,3)56-39(52)48(40(53)57-42(4,5)6)36-33-16-12-30(23-27(33)18-20-44-36)45-35(37(49)50)28-11-9-10-26(22-28)19-21-47(8)38(51)46-31-13-17-34(29(24-31)25-43-7)58(54,55)32-14-15-32/h9-13,16-18,20,22-24,32,35,43,45H,14-15,19,21,25H2,1-8H3,(H,46,51)(H,49,50). The minimum atomic E-state index is -3.42. The molecular formula is C42H52N6O9S. The molecule has 15 nitrogen and oxygen atoms in total. The van der Waals surface area contributed by atoms with Crippen molar-refractivity contribution in [2.45, 2.75) is 94.7 Å². The molecule has 0 radical (unpaired) electrons. The van der Waals surface area contributed by atoms with Crippen LogP contribution in [-0.4, -0.2) is 84.7 Å². The number of likely N-dealkylation sites (N-methyl/N-ethyl adjacent to an activating group) is 1. The second-order valence-electron chi connectivity index (χ2n) is 16.2. The summed E-state index contributed by atoms with van der Waals surface area (Å²) in [5.41, 5.74) is 0.960. The number of anilines is 3. The monoisotopic (exact) mass is 816 g/mol. The molecule has 16 heteroatoms. The first-order valence-electron chi connectivity index (χ1n) is 18.9. The number of amides is 4. The topological polar surface area (TPSA) is 197 Å². The molecule has 5 rings (SSSR count). The molecule has 58 heavy (non-hydrogen) atoms. The first-order valence-corrected chi connectivity index (χ1v) is 20.5. The van der Waals surface area contributed by atoms with Crippen molar-refractivity contribution in [2.75, 3.05) is 36.2 Å². The molecule has 1 aliphatic rings. The van der Waals surface area contributed by atoms with Crippen LogP contribution < -0.4 is 20.9 Å². The maximum absolute atomic E-state index is 13.3. The van der Waals surface area contributed by atoms with Gasteiger partial charge in [-0.3, -0.25) is 0 Å². The minimum absolute atomic E-state index is 0.00976. The van der Waals surface area contributed by atoms with Crippen molar-refractivity contribution in [2.24, 2.45) is 0 Å². The number of urea groups is 1. The summed E-state index contributed by atoms with van der Waals surface area (Å²) in [5.74, 6) is -1.14. The summed E-state index contributed by atoms with van der Waals surface area (Å²) < 4.78 is 36.9. The van der Waals surface area contributed by atoms with Gasteiger partial charge in [0.05, 0.1) is 10.1 Å². The van der Waals surface area contributed by atoms with Crippen LogP contribution in [0.4, 0.5) is 31.6 Å². The number of rotatable bonds is 13. The van der Waals surface area contributed by atoms with Gasteiger partial charge in [0.25, 0.3) is 0 Å². The molecule has 1 aromatic heterocycles. The summed E-state index contributed by atoms with van der Waals surface area (Å²) in [6.45, 7) is 10.7. The Morgan fingerprint density at radius 3 is 2.16 bits per heavy atom. The van der Waals surface area contributed by atoms with E-state index in [0.717, 1.165) is 10.5 Å². The quantitative estimate of drug-likeness (QED) is 0.104. The van der Waals surface area contributed by atoms with Gasteiger partial charge < -0.3 is 35.4 Å². The van der Waals surface area contributed by atoms with Crippen LogP contribution in [0, 0.1) is 0 Å². The van der Waals surface area contributed by atoms with Crippen molar-refractivity contribution in [3.63, 3.8) is 0 Å². The lowest BCUT2D eigenvalue weighted by molar-refractivity contribution is -0.138. The molecule has 0 spiro atoms. The summed E-state index contributed by atoms with van der Waals surface area (Å²) in [6.07, 6.45) is 1.23. The molecule has 0 saturated heterocycles. The van der Waals surface area contributed by atoms with Crippen molar-refractivity contribution >= 4 is 62.0 Å². The van der Waals surface area contributed by atoms with Gasteiger partial charge in [0, 0.05) is 43.1 Å². The zero-order valence-electron chi connectivity index (χ0n) is 34.1. The maximum Gasteiger partial charge on any atom is 0.425 e. The SMILES string of the molecule is CNCc1cc(NC(=O)N(C)CCc2cccc(C(Nc3ccc4c(N(C(=O)OC(C)(C)C)C(=O)OC(C)(C)C)nccc4c3)C(=O)O)c2)ccc1S(=O)(=O)C1CC1. The number of aromatic nitrogens is 1. The van der Waals surface area contributed by atoms with Crippen LogP contribution in [0.1, 0.15) is 77.1 Å². The van der Waals surface area contributed by atoms with E-state index in [0.29, 0.717) is 65.6 Å². The van der Waals surface area contributed by atoms with E-state index in [2.05, 4.69) is 20.9 Å². The number of hydrogen-bond acceptors (Lipinski definition) is 11. The fraction of sp³-hybridized carbons (Fsp3) is 0.405. The zero-order valence-corrected chi connectivity index (χ0v) is 34.9. The molecule has 1 aliphatic carbocycles. The Balaban J connectivity index is 1.29. The number of carbonyl (C=O) groups excluding carboxylic acids is 3. The molecule has 4 amide bonds. The van der Waals surface area contributed by atoms with Gasteiger partial charge in [-0.2, -0.15) is 4.90 Å². The molecule has 1 fully saturated rings. The third kappa shape index (κ3) is 11.0. The number of imide groups is 1. The average molecular weight is 817 g/mol. The van der Waals surface area contributed by atoms with Crippen LogP contribution in [0.5, 0.6) is 0 Å². The van der Waals surface area contributed by atoms with E-state index in [9.17, 15) is 32.7 Å². The van der Waals surface area contributed by atoms with E-state index in [1.807, 2.05) is 6.07 Å². The number of sulfone groups is 1. The Bertz CT molecular complexity index is 2270. The molecule has 4 N–H and O–H groups in total. The van der Waals surface area contributed by atoms with Gasteiger partial charge in [-0.15, -0.1) is 0 Å². The summed E-state index contributed by atoms with van der Waals surface area (Å²) in [6, 6.07) is 17.0. The number of hydrogen-bond donors (Lipinski definition) is 4. The van der Waals surface area contributed by atoms with E-state index >= 15 is 0 Å². The number of carbonyl (C=O) groups is 4. The number of pyridine rings is 1. The smallest absolute Gasteiger partial charge is 0.425 e. The van der Waals surface area contributed by atoms with Crippen LogP contribution >= 0.6 is 0 Å². The largest absolute Gasteiger partial charge is 0.479 e. The maximum atomic E-state index is 13.3. The lowest BCUT2D eigenvalue weighted by Crippen LogP contribution is -2.44. The molecule has 3 aromatic carbocycles. The van der Waals surface area contributed by atoms with Crippen molar-refractivity contribution in [1.29, 1.82) is 0 Å². The highest BCUT2D eigenvalue weighted by Gasteiger charge is 2.38. The van der Waals surface area contributed by atoms with Crippen LogP contribution in [0.25, 0.3) is 10.8 Å². The fourth-order valence-electron chi connectivity index (χ4n) is 6.11. The van der Waals surface area contributed by atoms with Gasteiger partial charge in [-0.1, -0.05) is 24.3 Å². The van der Waals surface area contributed by atoms with E-state index in [1.165, 1.54) is 11.1 Å². The predicted octanol–water partition coefficient (Wildman–Crippen LogP) is 7.51. The number of carboxylic acids is 1. The molecule has 1 heterocycles. The summed E-state index contributed by atoms with van der Waals surface area (Å²) in [5, 5.41) is 19.9. The van der Waals surface area contributed by atoms with E-state index in [-0.39, 0.29) is 22.0 Å². The van der Waals surface area contributed by atoms with Crippen LogP contribution in [0.2, 0.25) is 0 Å². The lowest BCUT2D eigenvalue weighted by atomic mass is 10.0. The highest BCUT2D eigenvalue weighted by Crippen LogP contribution is 2.36. The number of nitrogens with zero attached hydrogens (tertiary/aromatic N) is 3. The summed E-state index contributed by atoms with van der Waals surface area (Å²) >= 11 is 0. The van der Waals surface area contributed by atoms with Crippen LogP contribution in [-0.2, 0) is 37.1 Å². The lowest BCUT2D eigenvalue weighted by Gasteiger charge is -2.28. The highest BCUT2D eigenvalue weighted by molar-refractivity contribution is 7.92. The minimum Gasteiger partial charge on any atom is -0.479 e. The van der Waals surface area contributed by atoms with Gasteiger partial charge >= 0.3 is 24.2 Å². The normalized spacial score (nSPS) is 13.7. The third-order valence-electron chi connectivity index (χ3n) is 8.98. The number of fused-ring (bicyclic) bond motifs is 1. The first kappa shape index (κ1) is 43.4. The third-order valence-corrected chi connectivity index (χ3v) is 11.3. The first-order chi connectivity index (χ1) is 27.2. The van der Waals surface area contributed by atoms with E-state index < -0.39 is 45.2 Å². The highest BCUT2D eigenvalue weighted by atomic mass is 32.2. The molecule has 4 aromatic rings. The van der Waals surface area contributed by atoms with Crippen LogP contribution in [0.15, 0.2) is 77.8 Å². The second kappa shape index (κ2) is 17.4. The number of nitrogens with one attached hydrogen (secondary N) is 3. The zero-order chi connectivity index (χ0) is 42.6. The van der Waals surface area contributed by atoms with E-state index in [4.69, 9.17) is 9.47 Å². The molecule has 1 saturated carbocycles. The van der Waals surface area contributed by atoms with Crippen molar-refractivity contribution in [3.05, 3.63) is 89.6 Å². The molecule has 1 unspecified atom stereocenters. The van der Waals surface area contributed by atoms with Gasteiger partial charge in [-0.05, 0) is 132 Å². The van der Waals surface area contributed by atoms with Gasteiger partial charge in [0.2, 0.25) is 0 Å². The molecule has 310 valence electrons. The number of benzene rings is 3.